The van der Waals surface area contributed by atoms with Gasteiger partial charge in [-0.25, -0.2) is 9.78 Å². The second-order valence-electron chi connectivity index (χ2n) is 6.06. The molecule has 2 heterocycles. The molecule has 5 nitrogen and oxygen atoms in total. The fraction of sp³-hybridized carbons (Fsp3) is 0.647. The molecule has 0 saturated carbocycles. The number of hydrogen-bond acceptors (Lipinski definition) is 3. The van der Waals surface area contributed by atoms with Crippen LogP contribution in [0, 0.1) is 0 Å². The molecular weight excluding hydrogens is 276 g/mol. The molecule has 2 N–H and O–H groups in total. The van der Waals surface area contributed by atoms with Gasteiger partial charge in [0, 0.05) is 31.9 Å². The normalized spacial score (nSPS) is 16.7. The number of amides is 2. The Hall–Kier alpha value is -1.78. The largest absolute Gasteiger partial charge is 0.357 e. The summed E-state index contributed by atoms with van der Waals surface area (Å²) in [4.78, 5) is 18.6. The summed E-state index contributed by atoms with van der Waals surface area (Å²) in [5, 5.41) is 5.76. The van der Waals surface area contributed by atoms with Crippen molar-refractivity contribution in [2.75, 3.05) is 18.0 Å². The number of hydrogen-bond donors (Lipinski definition) is 2. The average Bonchev–Trinajstić information content (AvgIpc) is 2.82. The van der Waals surface area contributed by atoms with E-state index in [4.69, 9.17) is 0 Å². The van der Waals surface area contributed by atoms with Crippen LogP contribution >= 0.6 is 0 Å². The van der Waals surface area contributed by atoms with E-state index in [-0.39, 0.29) is 12.1 Å². The molecule has 0 aliphatic carbocycles. The first-order chi connectivity index (χ1) is 10.7. The van der Waals surface area contributed by atoms with E-state index in [1.54, 1.807) is 0 Å². The monoisotopic (exact) mass is 304 g/mol. The molecule has 22 heavy (non-hydrogen) atoms. The van der Waals surface area contributed by atoms with E-state index in [2.05, 4.69) is 39.6 Å². The molecule has 1 unspecified atom stereocenters. The standard InChI is InChI=1S/C17H28N4O/c1-3-14(2)20-17(22)19-13-15-8-9-16(18-12-15)21-10-6-4-5-7-11-21/h8-9,12,14H,3-7,10-11,13H2,1-2H3,(H2,19,20,22). The van der Waals surface area contributed by atoms with E-state index >= 15 is 0 Å². The number of carbonyl (C=O) groups excluding carboxylic acids is 1. The maximum Gasteiger partial charge on any atom is 0.315 e. The summed E-state index contributed by atoms with van der Waals surface area (Å²) in [6, 6.07) is 4.19. The van der Waals surface area contributed by atoms with Crippen LogP contribution in [0.1, 0.15) is 51.5 Å². The van der Waals surface area contributed by atoms with Gasteiger partial charge in [0.15, 0.2) is 0 Å². The molecule has 0 radical (unpaired) electrons. The van der Waals surface area contributed by atoms with Gasteiger partial charge in [-0.2, -0.15) is 0 Å². The van der Waals surface area contributed by atoms with Crippen molar-refractivity contribution in [3.63, 3.8) is 0 Å². The molecule has 1 saturated heterocycles. The molecule has 2 amide bonds. The van der Waals surface area contributed by atoms with Crippen LogP contribution in [0.5, 0.6) is 0 Å². The van der Waals surface area contributed by atoms with Gasteiger partial charge in [0.1, 0.15) is 5.82 Å². The lowest BCUT2D eigenvalue weighted by atomic mass is 10.2. The highest BCUT2D eigenvalue weighted by Crippen LogP contribution is 2.17. The van der Waals surface area contributed by atoms with Crippen molar-refractivity contribution in [2.45, 2.75) is 58.5 Å². The Morgan fingerprint density at radius 2 is 2.00 bits per heavy atom. The van der Waals surface area contributed by atoms with Gasteiger partial charge >= 0.3 is 6.03 Å². The van der Waals surface area contributed by atoms with Crippen LogP contribution in [0.3, 0.4) is 0 Å². The van der Waals surface area contributed by atoms with Crippen molar-refractivity contribution < 1.29 is 4.79 Å². The van der Waals surface area contributed by atoms with Crippen molar-refractivity contribution in [1.29, 1.82) is 0 Å². The minimum Gasteiger partial charge on any atom is -0.357 e. The predicted molar refractivity (Wildman–Crippen MR) is 90.0 cm³/mol. The molecule has 122 valence electrons. The lowest BCUT2D eigenvalue weighted by Gasteiger charge is -2.21. The molecule has 0 spiro atoms. The average molecular weight is 304 g/mol. The van der Waals surface area contributed by atoms with E-state index < -0.39 is 0 Å². The number of aromatic nitrogens is 1. The highest BCUT2D eigenvalue weighted by atomic mass is 16.2. The lowest BCUT2D eigenvalue weighted by molar-refractivity contribution is 0.237. The third-order valence-electron chi connectivity index (χ3n) is 4.18. The van der Waals surface area contributed by atoms with Crippen molar-refractivity contribution >= 4 is 11.8 Å². The summed E-state index contributed by atoms with van der Waals surface area (Å²) in [5.74, 6) is 1.05. The third-order valence-corrected chi connectivity index (χ3v) is 4.18. The molecule has 1 fully saturated rings. The summed E-state index contributed by atoms with van der Waals surface area (Å²) < 4.78 is 0. The Morgan fingerprint density at radius 3 is 2.59 bits per heavy atom. The second kappa shape index (κ2) is 8.61. The van der Waals surface area contributed by atoms with Crippen molar-refractivity contribution in [3.05, 3.63) is 23.9 Å². The first-order valence-corrected chi connectivity index (χ1v) is 8.43. The Morgan fingerprint density at radius 1 is 1.27 bits per heavy atom. The van der Waals surface area contributed by atoms with Gasteiger partial charge in [-0.15, -0.1) is 0 Å². The summed E-state index contributed by atoms with van der Waals surface area (Å²) in [6.07, 6.45) is 7.94. The lowest BCUT2D eigenvalue weighted by Crippen LogP contribution is -2.40. The molecule has 1 atom stereocenters. The zero-order valence-corrected chi connectivity index (χ0v) is 13.8. The number of anilines is 1. The quantitative estimate of drug-likeness (QED) is 0.879. The Labute approximate surface area is 133 Å². The molecule has 2 rings (SSSR count). The van der Waals surface area contributed by atoms with Crippen molar-refractivity contribution in [2.24, 2.45) is 0 Å². The predicted octanol–water partition coefficient (Wildman–Crippen LogP) is 3.06. The van der Waals surface area contributed by atoms with Gasteiger partial charge in [-0.3, -0.25) is 0 Å². The topological polar surface area (TPSA) is 57.3 Å². The van der Waals surface area contributed by atoms with E-state index in [9.17, 15) is 4.79 Å². The van der Waals surface area contributed by atoms with E-state index in [0.717, 1.165) is 30.9 Å². The van der Waals surface area contributed by atoms with Crippen LogP contribution in [0.15, 0.2) is 18.3 Å². The maximum atomic E-state index is 11.7. The van der Waals surface area contributed by atoms with Crippen LogP contribution in [-0.4, -0.2) is 30.1 Å². The minimum absolute atomic E-state index is 0.119. The SMILES string of the molecule is CCC(C)NC(=O)NCc1ccc(N2CCCCCC2)nc1. The number of urea groups is 1. The van der Waals surface area contributed by atoms with Crippen LogP contribution in [0.2, 0.25) is 0 Å². The first-order valence-electron chi connectivity index (χ1n) is 8.43. The zero-order valence-electron chi connectivity index (χ0n) is 13.8. The molecule has 1 aromatic heterocycles. The van der Waals surface area contributed by atoms with Crippen LogP contribution in [0.25, 0.3) is 0 Å². The van der Waals surface area contributed by atoms with Gasteiger partial charge < -0.3 is 15.5 Å². The molecule has 1 aliphatic heterocycles. The smallest absolute Gasteiger partial charge is 0.315 e. The highest BCUT2D eigenvalue weighted by Gasteiger charge is 2.11. The maximum absolute atomic E-state index is 11.7. The Bertz CT molecular complexity index is 452. The molecule has 0 bridgehead atoms. The fourth-order valence-corrected chi connectivity index (χ4v) is 2.57. The summed E-state index contributed by atoms with van der Waals surface area (Å²) in [7, 11) is 0. The van der Waals surface area contributed by atoms with Crippen LogP contribution in [0.4, 0.5) is 10.6 Å². The summed E-state index contributed by atoms with van der Waals surface area (Å²) in [6.45, 7) is 6.76. The van der Waals surface area contributed by atoms with Gasteiger partial charge in [-0.05, 0) is 37.8 Å². The van der Waals surface area contributed by atoms with E-state index in [1.807, 2.05) is 13.1 Å². The number of nitrogens with zero attached hydrogens (tertiary/aromatic N) is 2. The van der Waals surface area contributed by atoms with Crippen LogP contribution < -0.4 is 15.5 Å². The Balaban J connectivity index is 1.82. The minimum atomic E-state index is -0.119. The summed E-state index contributed by atoms with van der Waals surface area (Å²) >= 11 is 0. The molecule has 1 aromatic rings. The molecule has 5 heteroatoms. The molecule has 1 aliphatic rings. The van der Waals surface area contributed by atoms with Crippen molar-refractivity contribution in [3.8, 4) is 0 Å². The van der Waals surface area contributed by atoms with Crippen molar-refractivity contribution in [1.82, 2.24) is 15.6 Å². The second-order valence-corrected chi connectivity index (χ2v) is 6.06. The number of carbonyl (C=O) groups is 1. The van der Waals surface area contributed by atoms with E-state index in [0.29, 0.717) is 6.54 Å². The molecule has 0 aromatic carbocycles. The number of rotatable bonds is 5. The van der Waals surface area contributed by atoms with Gasteiger partial charge in [0.05, 0.1) is 0 Å². The molecular formula is C17H28N4O. The first kappa shape index (κ1) is 16.6. The summed E-state index contributed by atoms with van der Waals surface area (Å²) in [5.41, 5.74) is 1.03. The van der Waals surface area contributed by atoms with E-state index in [1.165, 1.54) is 25.7 Å². The number of pyridine rings is 1. The van der Waals surface area contributed by atoms with Gasteiger partial charge in [0.25, 0.3) is 0 Å². The fourth-order valence-electron chi connectivity index (χ4n) is 2.57. The van der Waals surface area contributed by atoms with Gasteiger partial charge in [-0.1, -0.05) is 25.8 Å². The zero-order chi connectivity index (χ0) is 15.8. The van der Waals surface area contributed by atoms with Gasteiger partial charge in [0.2, 0.25) is 0 Å². The Kier molecular flexibility index (Phi) is 6.49. The third kappa shape index (κ3) is 5.20. The highest BCUT2D eigenvalue weighted by molar-refractivity contribution is 5.74. The van der Waals surface area contributed by atoms with Crippen LogP contribution in [-0.2, 0) is 6.54 Å². The number of nitrogens with one attached hydrogen (secondary N) is 2.